The molecule has 0 aliphatic heterocycles. The molecule has 1 aromatic carbocycles. The third kappa shape index (κ3) is 7.52. The van der Waals surface area contributed by atoms with Crippen molar-refractivity contribution in [2.75, 3.05) is 52.0 Å². The molecule has 0 aromatic heterocycles. The molecule has 0 bridgehead atoms. The summed E-state index contributed by atoms with van der Waals surface area (Å²) in [5.41, 5.74) is 2.33. The Bertz CT molecular complexity index is 361. The molecular weight excluding hydrogens is 310 g/mol. The number of ether oxygens (including phenoxy) is 3. The minimum atomic E-state index is 0.612. The number of benzene rings is 1. The van der Waals surface area contributed by atoms with Crippen LogP contribution in [-0.4, -0.2) is 46.7 Å². The molecule has 19 heavy (non-hydrogen) atoms. The molecule has 0 saturated heterocycles. The quantitative estimate of drug-likeness (QED) is 0.669. The summed E-state index contributed by atoms with van der Waals surface area (Å²) >= 11 is 3.48. The molecule has 0 aliphatic carbocycles. The van der Waals surface area contributed by atoms with E-state index in [1.54, 1.807) is 7.11 Å². The molecule has 0 heterocycles. The van der Waals surface area contributed by atoms with Gasteiger partial charge in [-0.25, -0.2) is 0 Å². The molecule has 1 aromatic rings. The highest BCUT2D eigenvalue weighted by Gasteiger charge is 1.96. The van der Waals surface area contributed by atoms with Crippen LogP contribution < -0.4 is 5.32 Å². The predicted molar refractivity (Wildman–Crippen MR) is 80.9 cm³/mol. The fourth-order valence-corrected chi connectivity index (χ4v) is 1.73. The fourth-order valence-electron chi connectivity index (χ4n) is 1.49. The molecule has 4 nitrogen and oxygen atoms in total. The van der Waals surface area contributed by atoms with Gasteiger partial charge in [0.25, 0.3) is 0 Å². The highest BCUT2D eigenvalue weighted by molar-refractivity contribution is 9.10. The molecular formula is C14H22BrNO3. The van der Waals surface area contributed by atoms with E-state index < -0.39 is 0 Å². The van der Waals surface area contributed by atoms with E-state index in [9.17, 15) is 0 Å². The molecule has 1 rings (SSSR count). The lowest BCUT2D eigenvalue weighted by molar-refractivity contribution is 0.0272. The van der Waals surface area contributed by atoms with Crippen LogP contribution in [0.4, 0.5) is 5.69 Å². The van der Waals surface area contributed by atoms with Crippen molar-refractivity contribution < 1.29 is 14.2 Å². The Morgan fingerprint density at radius 1 is 1.05 bits per heavy atom. The lowest BCUT2D eigenvalue weighted by Gasteiger charge is -2.09. The Hall–Kier alpha value is -0.620. The van der Waals surface area contributed by atoms with E-state index in [-0.39, 0.29) is 0 Å². The Balaban J connectivity index is 2.00. The maximum Gasteiger partial charge on any atom is 0.0701 e. The average molecular weight is 332 g/mol. The maximum atomic E-state index is 5.45. The van der Waals surface area contributed by atoms with E-state index in [4.69, 9.17) is 14.2 Å². The molecule has 0 radical (unpaired) electrons. The van der Waals surface area contributed by atoms with E-state index in [2.05, 4.69) is 34.2 Å². The largest absolute Gasteiger partial charge is 0.383 e. The molecule has 0 fully saturated rings. The summed E-state index contributed by atoms with van der Waals surface area (Å²) in [4.78, 5) is 0. The van der Waals surface area contributed by atoms with Gasteiger partial charge >= 0.3 is 0 Å². The highest BCUT2D eigenvalue weighted by atomic mass is 79.9. The first-order valence-electron chi connectivity index (χ1n) is 6.38. The van der Waals surface area contributed by atoms with Crippen LogP contribution >= 0.6 is 15.9 Å². The summed E-state index contributed by atoms with van der Waals surface area (Å²) in [6, 6.07) is 6.20. The van der Waals surface area contributed by atoms with E-state index in [1.807, 2.05) is 12.1 Å². The lowest BCUT2D eigenvalue weighted by atomic mass is 10.2. The minimum absolute atomic E-state index is 0.612. The molecule has 0 aliphatic rings. The van der Waals surface area contributed by atoms with Crippen LogP contribution in [0.25, 0.3) is 0 Å². The topological polar surface area (TPSA) is 39.7 Å². The number of halogens is 1. The summed E-state index contributed by atoms with van der Waals surface area (Å²) < 4.78 is 16.7. The number of nitrogens with one attached hydrogen (secondary N) is 1. The first-order valence-corrected chi connectivity index (χ1v) is 7.18. The van der Waals surface area contributed by atoms with Crippen molar-refractivity contribution in [1.82, 2.24) is 0 Å². The highest BCUT2D eigenvalue weighted by Crippen LogP contribution is 2.19. The van der Waals surface area contributed by atoms with Crippen LogP contribution in [0.15, 0.2) is 22.7 Å². The molecule has 0 spiro atoms. The van der Waals surface area contributed by atoms with Crippen molar-refractivity contribution in [3.8, 4) is 0 Å². The van der Waals surface area contributed by atoms with Crippen molar-refractivity contribution in [3.05, 3.63) is 28.2 Å². The Labute approximate surface area is 123 Å². The summed E-state index contributed by atoms with van der Waals surface area (Å²) in [6.07, 6.45) is 0. The third-order valence-electron chi connectivity index (χ3n) is 2.54. The Kier molecular flexibility index (Phi) is 8.82. The van der Waals surface area contributed by atoms with Gasteiger partial charge in [0.2, 0.25) is 0 Å². The summed E-state index contributed by atoms with van der Waals surface area (Å²) in [5, 5.41) is 3.32. The zero-order valence-electron chi connectivity index (χ0n) is 11.6. The van der Waals surface area contributed by atoms with Crippen LogP contribution in [0.1, 0.15) is 5.56 Å². The molecule has 0 amide bonds. The van der Waals surface area contributed by atoms with Crippen LogP contribution in [0.5, 0.6) is 0 Å². The number of aryl methyl sites for hydroxylation is 1. The van der Waals surface area contributed by atoms with Crippen molar-refractivity contribution in [2.45, 2.75) is 6.92 Å². The van der Waals surface area contributed by atoms with Gasteiger partial charge in [-0.2, -0.15) is 0 Å². The number of rotatable bonds is 10. The predicted octanol–water partition coefficient (Wildman–Crippen LogP) is 2.85. The second kappa shape index (κ2) is 10.2. The minimum Gasteiger partial charge on any atom is -0.383 e. The summed E-state index contributed by atoms with van der Waals surface area (Å²) in [7, 11) is 1.66. The van der Waals surface area contributed by atoms with Crippen molar-refractivity contribution in [3.63, 3.8) is 0 Å². The third-order valence-corrected chi connectivity index (χ3v) is 3.43. The normalized spacial score (nSPS) is 10.7. The van der Waals surface area contributed by atoms with Gasteiger partial charge < -0.3 is 19.5 Å². The van der Waals surface area contributed by atoms with Gasteiger partial charge in [0.05, 0.1) is 33.0 Å². The van der Waals surface area contributed by atoms with Gasteiger partial charge in [-0.1, -0.05) is 15.9 Å². The van der Waals surface area contributed by atoms with Gasteiger partial charge in [0.15, 0.2) is 0 Å². The maximum absolute atomic E-state index is 5.45. The van der Waals surface area contributed by atoms with E-state index in [0.29, 0.717) is 33.0 Å². The number of hydrogen-bond donors (Lipinski definition) is 1. The van der Waals surface area contributed by atoms with Crippen molar-refractivity contribution in [2.24, 2.45) is 0 Å². The molecule has 0 saturated carbocycles. The van der Waals surface area contributed by atoms with Gasteiger partial charge in [-0.05, 0) is 30.7 Å². The van der Waals surface area contributed by atoms with Crippen molar-refractivity contribution >= 4 is 21.6 Å². The number of anilines is 1. The standard InChI is InChI=1S/C14H22BrNO3/c1-12-11-13(3-4-14(12)15)16-5-6-18-9-10-19-8-7-17-2/h3-4,11,16H,5-10H2,1-2H3. The van der Waals surface area contributed by atoms with Crippen LogP contribution in [0, 0.1) is 6.92 Å². The van der Waals surface area contributed by atoms with Crippen LogP contribution in [-0.2, 0) is 14.2 Å². The Morgan fingerprint density at radius 2 is 1.74 bits per heavy atom. The molecule has 0 unspecified atom stereocenters. The first kappa shape index (κ1) is 16.4. The Morgan fingerprint density at radius 3 is 2.42 bits per heavy atom. The lowest BCUT2D eigenvalue weighted by Crippen LogP contribution is -2.13. The zero-order chi connectivity index (χ0) is 13.9. The van der Waals surface area contributed by atoms with Gasteiger partial charge in [0, 0.05) is 23.8 Å². The summed E-state index contributed by atoms with van der Waals surface area (Å²) in [5.74, 6) is 0. The second-order valence-electron chi connectivity index (χ2n) is 4.11. The van der Waals surface area contributed by atoms with E-state index in [1.165, 1.54) is 5.56 Å². The van der Waals surface area contributed by atoms with Crippen LogP contribution in [0.2, 0.25) is 0 Å². The zero-order valence-corrected chi connectivity index (χ0v) is 13.2. The first-order chi connectivity index (χ1) is 9.24. The van der Waals surface area contributed by atoms with Gasteiger partial charge in [-0.15, -0.1) is 0 Å². The fraction of sp³-hybridized carbons (Fsp3) is 0.571. The smallest absolute Gasteiger partial charge is 0.0701 e. The summed E-state index contributed by atoms with van der Waals surface area (Å²) in [6.45, 7) is 6.01. The average Bonchev–Trinajstić information content (AvgIpc) is 2.41. The monoisotopic (exact) mass is 331 g/mol. The number of hydrogen-bond acceptors (Lipinski definition) is 4. The van der Waals surface area contributed by atoms with E-state index >= 15 is 0 Å². The number of methoxy groups -OCH3 is 1. The SMILES string of the molecule is COCCOCCOCCNc1ccc(Br)c(C)c1. The second-order valence-corrected chi connectivity index (χ2v) is 4.96. The molecule has 5 heteroatoms. The van der Waals surface area contributed by atoms with Crippen LogP contribution in [0.3, 0.4) is 0 Å². The van der Waals surface area contributed by atoms with Gasteiger partial charge in [-0.3, -0.25) is 0 Å². The molecule has 1 N–H and O–H groups in total. The molecule has 0 atom stereocenters. The van der Waals surface area contributed by atoms with Crippen molar-refractivity contribution in [1.29, 1.82) is 0 Å². The molecule has 108 valence electrons. The van der Waals surface area contributed by atoms with E-state index in [0.717, 1.165) is 16.7 Å². The van der Waals surface area contributed by atoms with Gasteiger partial charge in [0.1, 0.15) is 0 Å².